The largest absolute Gasteiger partial charge is 0.489 e. The molecule has 0 unspecified atom stereocenters. The first-order valence-corrected chi connectivity index (χ1v) is 13.8. The third-order valence-corrected chi connectivity index (χ3v) is 7.86. The van der Waals surface area contributed by atoms with Gasteiger partial charge in [-0.25, -0.2) is 0 Å². The molecule has 1 saturated heterocycles. The van der Waals surface area contributed by atoms with Crippen molar-refractivity contribution in [1.29, 1.82) is 0 Å². The van der Waals surface area contributed by atoms with Gasteiger partial charge >= 0.3 is 0 Å². The van der Waals surface area contributed by atoms with E-state index in [2.05, 4.69) is 24.3 Å². The first-order valence-electron chi connectivity index (χ1n) is 13.8. The van der Waals surface area contributed by atoms with Crippen LogP contribution >= 0.6 is 0 Å². The molecule has 0 aromatic heterocycles. The molecule has 0 saturated carbocycles. The van der Waals surface area contributed by atoms with Crippen molar-refractivity contribution in [3.8, 4) is 11.5 Å². The average Bonchev–Trinajstić information content (AvgIpc) is 3.03. The first kappa shape index (κ1) is 27.8. The smallest absolute Gasteiger partial charge is 0.219 e. The van der Waals surface area contributed by atoms with Gasteiger partial charge in [0.1, 0.15) is 37.3 Å². The van der Waals surface area contributed by atoms with Crippen molar-refractivity contribution >= 4 is 18.5 Å². The molecule has 208 valence electrons. The average molecular weight is 548 g/mol. The number of amides is 1. The topological polar surface area (TPSA) is 72.9 Å². The van der Waals surface area contributed by atoms with Crippen molar-refractivity contribution < 1.29 is 23.9 Å². The van der Waals surface area contributed by atoms with E-state index in [9.17, 15) is 14.4 Å². The summed E-state index contributed by atoms with van der Waals surface area (Å²) in [5, 5.41) is 0. The predicted octanol–water partition coefficient (Wildman–Crippen LogP) is 6.40. The SMILES string of the molecule is CC(=O)N1CCC(c2ccc(OCc3cccc(C=O)c3)cc2)(c2ccc(OCc3cccc(C=O)c3)cc2)CC1. The van der Waals surface area contributed by atoms with Gasteiger partial charge in [0.2, 0.25) is 5.91 Å². The Labute approximate surface area is 240 Å². The van der Waals surface area contributed by atoms with Crippen LogP contribution < -0.4 is 9.47 Å². The van der Waals surface area contributed by atoms with Gasteiger partial charge in [0.15, 0.2) is 0 Å². The lowest BCUT2D eigenvalue weighted by atomic mass is 9.68. The summed E-state index contributed by atoms with van der Waals surface area (Å²) in [4.78, 5) is 36.2. The number of carbonyl (C=O) groups is 3. The minimum atomic E-state index is -0.250. The van der Waals surface area contributed by atoms with Crippen LogP contribution in [0.2, 0.25) is 0 Å². The van der Waals surface area contributed by atoms with Gasteiger partial charge in [-0.1, -0.05) is 60.7 Å². The summed E-state index contributed by atoms with van der Waals surface area (Å²) in [6, 6.07) is 31.2. The van der Waals surface area contributed by atoms with Crippen LogP contribution in [0.3, 0.4) is 0 Å². The monoisotopic (exact) mass is 547 g/mol. The van der Waals surface area contributed by atoms with Gasteiger partial charge in [-0.3, -0.25) is 14.4 Å². The number of rotatable bonds is 10. The normalized spacial score (nSPS) is 14.2. The Morgan fingerprint density at radius 2 is 1.15 bits per heavy atom. The summed E-state index contributed by atoms with van der Waals surface area (Å²) in [6.45, 7) is 3.75. The standard InChI is InChI=1S/C35H33NO5/c1-26(39)36-18-16-35(17-19-36,31-8-12-33(13-9-31)40-24-29-6-2-4-27(20-29)22-37)32-10-14-34(15-11-32)41-25-30-7-3-5-28(21-30)23-38/h2-15,20-23H,16-19,24-25H2,1H3. The summed E-state index contributed by atoms with van der Waals surface area (Å²) < 4.78 is 12.0. The lowest BCUT2D eigenvalue weighted by Crippen LogP contribution is -2.45. The minimum absolute atomic E-state index is 0.100. The number of aldehydes is 2. The first-order chi connectivity index (χ1) is 20.0. The molecule has 1 aliphatic heterocycles. The number of hydrogen-bond acceptors (Lipinski definition) is 5. The molecule has 4 aromatic carbocycles. The lowest BCUT2D eigenvalue weighted by Gasteiger charge is -2.42. The number of nitrogens with zero attached hydrogens (tertiary/aromatic N) is 1. The quantitative estimate of drug-likeness (QED) is 0.215. The Morgan fingerprint density at radius 1 is 0.707 bits per heavy atom. The molecule has 1 aliphatic rings. The second-order valence-electron chi connectivity index (χ2n) is 10.4. The Morgan fingerprint density at radius 3 is 1.54 bits per heavy atom. The maximum Gasteiger partial charge on any atom is 0.219 e. The van der Waals surface area contributed by atoms with Crippen LogP contribution in [-0.4, -0.2) is 36.5 Å². The van der Waals surface area contributed by atoms with Crippen LogP contribution in [0.5, 0.6) is 11.5 Å². The van der Waals surface area contributed by atoms with Gasteiger partial charge in [-0.15, -0.1) is 0 Å². The minimum Gasteiger partial charge on any atom is -0.489 e. The zero-order valence-corrected chi connectivity index (χ0v) is 23.1. The highest BCUT2D eigenvalue weighted by Crippen LogP contribution is 2.43. The van der Waals surface area contributed by atoms with Gasteiger partial charge in [0.05, 0.1) is 0 Å². The van der Waals surface area contributed by atoms with Crippen LogP contribution in [-0.2, 0) is 23.4 Å². The van der Waals surface area contributed by atoms with Gasteiger partial charge in [0.25, 0.3) is 0 Å². The number of likely N-dealkylation sites (tertiary alicyclic amines) is 1. The highest BCUT2D eigenvalue weighted by Gasteiger charge is 2.38. The molecule has 0 radical (unpaired) electrons. The number of benzene rings is 4. The number of ether oxygens (including phenoxy) is 2. The molecule has 6 heteroatoms. The van der Waals surface area contributed by atoms with Crippen LogP contribution in [0, 0.1) is 0 Å². The zero-order valence-electron chi connectivity index (χ0n) is 23.1. The van der Waals surface area contributed by atoms with E-state index in [-0.39, 0.29) is 11.3 Å². The molecular weight excluding hydrogens is 514 g/mol. The number of piperidine rings is 1. The molecule has 1 amide bonds. The fourth-order valence-corrected chi connectivity index (χ4v) is 5.53. The van der Waals surface area contributed by atoms with Crippen LogP contribution in [0.15, 0.2) is 97.1 Å². The summed E-state index contributed by atoms with van der Waals surface area (Å²) in [5.41, 5.74) is 5.23. The van der Waals surface area contributed by atoms with E-state index < -0.39 is 0 Å². The second-order valence-corrected chi connectivity index (χ2v) is 10.4. The van der Waals surface area contributed by atoms with Crippen molar-refractivity contribution in [2.75, 3.05) is 13.1 Å². The van der Waals surface area contributed by atoms with Gasteiger partial charge < -0.3 is 14.4 Å². The van der Waals surface area contributed by atoms with E-state index in [4.69, 9.17) is 9.47 Å². The molecule has 0 spiro atoms. The van der Waals surface area contributed by atoms with E-state index in [0.717, 1.165) is 48.0 Å². The molecule has 0 bridgehead atoms. The number of carbonyl (C=O) groups excluding carboxylic acids is 3. The third-order valence-electron chi connectivity index (χ3n) is 7.86. The second kappa shape index (κ2) is 12.6. The van der Waals surface area contributed by atoms with Gasteiger partial charge in [-0.2, -0.15) is 0 Å². The molecule has 1 fully saturated rings. The molecule has 0 N–H and O–H groups in total. The maximum atomic E-state index is 12.1. The van der Waals surface area contributed by atoms with Crippen molar-refractivity contribution in [2.24, 2.45) is 0 Å². The van der Waals surface area contributed by atoms with Crippen molar-refractivity contribution in [3.05, 3.63) is 130 Å². The molecular formula is C35H33NO5. The Kier molecular flexibility index (Phi) is 8.59. The fraction of sp³-hybridized carbons (Fsp3) is 0.229. The summed E-state index contributed by atoms with van der Waals surface area (Å²) >= 11 is 0. The Hall–Kier alpha value is -4.71. The van der Waals surface area contributed by atoms with Gasteiger partial charge in [-0.05, 0) is 71.5 Å². The Bertz CT molecular complexity index is 1400. The fourth-order valence-electron chi connectivity index (χ4n) is 5.53. The van der Waals surface area contributed by atoms with Crippen LogP contribution in [0.4, 0.5) is 0 Å². The molecule has 0 aliphatic carbocycles. The van der Waals surface area contributed by atoms with E-state index >= 15 is 0 Å². The molecule has 6 nitrogen and oxygen atoms in total. The molecule has 0 atom stereocenters. The summed E-state index contributed by atoms with van der Waals surface area (Å²) in [5.74, 6) is 1.61. The highest BCUT2D eigenvalue weighted by molar-refractivity contribution is 5.75. The molecule has 5 rings (SSSR count). The summed E-state index contributed by atoms with van der Waals surface area (Å²) in [6.07, 6.45) is 3.29. The van der Waals surface area contributed by atoms with E-state index in [1.807, 2.05) is 65.6 Å². The van der Waals surface area contributed by atoms with Crippen LogP contribution in [0.1, 0.15) is 62.7 Å². The maximum absolute atomic E-state index is 12.1. The zero-order chi connectivity index (χ0) is 28.7. The molecule has 41 heavy (non-hydrogen) atoms. The summed E-state index contributed by atoms with van der Waals surface area (Å²) in [7, 11) is 0. The van der Waals surface area contributed by atoms with E-state index in [1.54, 1.807) is 19.1 Å². The molecule has 4 aromatic rings. The third kappa shape index (κ3) is 6.55. The number of hydrogen-bond donors (Lipinski definition) is 0. The van der Waals surface area contributed by atoms with E-state index in [1.165, 1.54) is 11.1 Å². The van der Waals surface area contributed by atoms with Crippen molar-refractivity contribution in [3.63, 3.8) is 0 Å². The molecule has 1 heterocycles. The lowest BCUT2D eigenvalue weighted by molar-refractivity contribution is -0.130. The Balaban J connectivity index is 1.33. The van der Waals surface area contributed by atoms with E-state index in [0.29, 0.717) is 37.4 Å². The predicted molar refractivity (Wildman–Crippen MR) is 157 cm³/mol. The van der Waals surface area contributed by atoms with Crippen molar-refractivity contribution in [2.45, 2.75) is 38.4 Å². The van der Waals surface area contributed by atoms with Crippen LogP contribution in [0.25, 0.3) is 0 Å². The highest BCUT2D eigenvalue weighted by atomic mass is 16.5. The van der Waals surface area contributed by atoms with Crippen molar-refractivity contribution in [1.82, 2.24) is 4.90 Å². The van der Waals surface area contributed by atoms with Gasteiger partial charge in [0, 0.05) is 36.6 Å².